The number of aromatic nitrogens is 2. The van der Waals surface area contributed by atoms with Gasteiger partial charge in [-0.2, -0.15) is 18.3 Å². The molecule has 2 aromatic rings. The first-order valence-electron chi connectivity index (χ1n) is 13.3. The van der Waals surface area contributed by atoms with Crippen molar-refractivity contribution in [3.8, 4) is 0 Å². The lowest BCUT2D eigenvalue weighted by molar-refractivity contribution is -0.152. The second-order valence-corrected chi connectivity index (χ2v) is 11.9. The minimum atomic E-state index is -4.98. The zero-order valence-electron chi connectivity index (χ0n) is 23.0. The Labute approximate surface area is 239 Å². The number of hydrogen-bond acceptors (Lipinski definition) is 5. The largest absolute Gasteiger partial charge is 0.481 e. The average Bonchev–Trinajstić information content (AvgIpc) is 3.50. The number of halogens is 5. The number of rotatable bonds is 8. The van der Waals surface area contributed by atoms with Crippen LogP contribution in [0.15, 0.2) is 18.3 Å². The van der Waals surface area contributed by atoms with E-state index in [1.165, 1.54) is 6.07 Å². The summed E-state index contributed by atoms with van der Waals surface area (Å²) in [6.07, 6.45) is -2.45. The number of carbonyl (C=O) groups is 3. The van der Waals surface area contributed by atoms with Crippen LogP contribution in [0.1, 0.15) is 90.4 Å². The molecule has 13 heteroatoms. The average molecular weight is 602 g/mol. The molecule has 2 fully saturated rings. The molecule has 8 nitrogen and oxygen atoms in total. The van der Waals surface area contributed by atoms with Gasteiger partial charge in [-0.15, -0.1) is 0 Å². The number of carboxylic acids is 1. The summed E-state index contributed by atoms with van der Waals surface area (Å²) < 4.78 is 64.6. The molecule has 1 aliphatic carbocycles. The van der Waals surface area contributed by atoms with Crippen LogP contribution in [0.25, 0.3) is 0 Å². The molecule has 41 heavy (non-hydrogen) atoms. The molecule has 0 unspecified atom stereocenters. The number of hydrogen-bond donors (Lipinski definition) is 1. The van der Waals surface area contributed by atoms with Gasteiger partial charge in [-0.3, -0.25) is 19.1 Å². The van der Waals surface area contributed by atoms with Crippen LogP contribution in [0.2, 0.25) is 5.02 Å². The highest BCUT2D eigenvalue weighted by molar-refractivity contribution is 6.34. The standard InChI is InChI=1S/C28H32ClF4N3O5/c1-16-11-19(29)22(20(30)12-16)21(37)14-35(15-27(3)7-4-10-41-27)24(38)18-13-34-36(23(18)28(31,32)33)17-5-8-26(2,9-6-17)25(39)40/h11-13,17H,4-10,14-15H2,1-3H3,(H,39,40)/t17-,26-,27-/m0/s1. The Morgan fingerprint density at radius 2 is 1.85 bits per heavy atom. The maximum Gasteiger partial charge on any atom is 0.433 e. The van der Waals surface area contributed by atoms with E-state index < -0.39 is 70.1 Å². The fourth-order valence-corrected chi connectivity index (χ4v) is 6.10. The lowest BCUT2D eigenvalue weighted by Gasteiger charge is -2.35. The molecule has 1 aromatic heterocycles. The number of Topliss-reactive ketones (excluding diaryl/α,β-unsaturated/α-hetero) is 1. The first kappa shape index (κ1) is 31.0. The van der Waals surface area contributed by atoms with Gasteiger partial charge in [-0.05, 0) is 77.0 Å². The highest BCUT2D eigenvalue weighted by Gasteiger charge is 2.46. The molecule has 1 aliphatic heterocycles. The van der Waals surface area contributed by atoms with Crippen molar-refractivity contribution < 1.29 is 41.8 Å². The maximum absolute atomic E-state index is 14.7. The summed E-state index contributed by atoms with van der Waals surface area (Å²) in [7, 11) is 0. The minimum Gasteiger partial charge on any atom is -0.481 e. The smallest absolute Gasteiger partial charge is 0.433 e. The molecule has 0 spiro atoms. The molecule has 1 N–H and O–H groups in total. The molecule has 224 valence electrons. The van der Waals surface area contributed by atoms with Gasteiger partial charge in [-0.1, -0.05) is 11.6 Å². The highest BCUT2D eigenvalue weighted by Crippen LogP contribution is 2.43. The summed E-state index contributed by atoms with van der Waals surface area (Å²) in [6.45, 7) is 4.26. The van der Waals surface area contributed by atoms with Crippen LogP contribution >= 0.6 is 11.6 Å². The summed E-state index contributed by atoms with van der Waals surface area (Å²) in [5.74, 6) is -3.89. The molecule has 2 aliphatic rings. The van der Waals surface area contributed by atoms with Gasteiger partial charge in [0.05, 0.1) is 52.5 Å². The van der Waals surface area contributed by atoms with E-state index in [-0.39, 0.29) is 37.3 Å². The summed E-state index contributed by atoms with van der Waals surface area (Å²) >= 11 is 6.13. The number of benzene rings is 1. The molecule has 0 radical (unpaired) electrons. The molecule has 1 saturated heterocycles. The molecule has 1 saturated carbocycles. The molecule has 4 rings (SSSR count). The van der Waals surface area contributed by atoms with Crippen LogP contribution in [0, 0.1) is 18.2 Å². The van der Waals surface area contributed by atoms with Gasteiger partial charge in [0, 0.05) is 6.61 Å². The van der Waals surface area contributed by atoms with E-state index in [1.54, 1.807) is 20.8 Å². The molecular weight excluding hydrogens is 570 g/mol. The Hall–Kier alpha value is -2.99. The lowest BCUT2D eigenvalue weighted by atomic mass is 9.74. The number of nitrogens with zero attached hydrogens (tertiary/aromatic N) is 3. The molecular formula is C28H32ClF4N3O5. The SMILES string of the molecule is Cc1cc(F)c(C(=O)CN(C[C@]2(C)CCCO2)C(=O)c2cnn([C@H]3CC[C@](C)(C(=O)O)CC3)c2C(F)(F)F)c(Cl)c1. The van der Waals surface area contributed by atoms with Gasteiger partial charge in [0.25, 0.3) is 5.91 Å². The van der Waals surface area contributed by atoms with Crippen molar-refractivity contribution in [2.24, 2.45) is 5.41 Å². The zero-order chi connectivity index (χ0) is 30.3. The van der Waals surface area contributed by atoms with Crippen LogP contribution in [-0.4, -0.2) is 62.7 Å². The van der Waals surface area contributed by atoms with E-state index in [0.29, 0.717) is 25.0 Å². The van der Waals surface area contributed by atoms with Crippen LogP contribution in [0.3, 0.4) is 0 Å². The van der Waals surface area contributed by atoms with Crippen molar-refractivity contribution in [2.75, 3.05) is 19.7 Å². The third kappa shape index (κ3) is 6.43. The second-order valence-electron chi connectivity index (χ2n) is 11.5. The van der Waals surface area contributed by atoms with Gasteiger partial charge in [0.1, 0.15) is 5.82 Å². The van der Waals surface area contributed by atoms with Crippen molar-refractivity contribution in [3.05, 3.63) is 51.6 Å². The van der Waals surface area contributed by atoms with Crippen LogP contribution in [0.4, 0.5) is 17.6 Å². The third-order valence-electron chi connectivity index (χ3n) is 8.13. The Kier molecular flexibility index (Phi) is 8.57. The first-order chi connectivity index (χ1) is 19.0. The molecule has 1 atom stereocenters. The number of carboxylic acid groups (broad SMARTS) is 1. The summed E-state index contributed by atoms with van der Waals surface area (Å²) in [4.78, 5) is 39.5. The van der Waals surface area contributed by atoms with E-state index >= 15 is 0 Å². The quantitative estimate of drug-likeness (QED) is 0.290. The number of amides is 1. The number of aliphatic carboxylic acids is 1. The Morgan fingerprint density at radius 3 is 2.39 bits per heavy atom. The summed E-state index contributed by atoms with van der Waals surface area (Å²) in [6, 6.07) is 1.72. The molecule has 1 amide bonds. The van der Waals surface area contributed by atoms with Crippen molar-refractivity contribution in [1.29, 1.82) is 0 Å². The summed E-state index contributed by atoms with van der Waals surface area (Å²) in [5.41, 5.74) is -4.00. The number of aryl methyl sites for hydroxylation is 1. The number of ketones is 1. The topological polar surface area (TPSA) is 102 Å². The van der Waals surface area contributed by atoms with E-state index in [9.17, 15) is 37.1 Å². The van der Waals surface area contributed by atoms with E-state index in [1.807, 2.05) is 0 Å². The predicted molar refractivity (Wildman–Crippen MR) is 140 cm³/mol. The first-order valence-corrected chi connectivity index (χ1v) is 13.7. The van der Waals surface area contributed by atoms with Crippen molar-refractivity contribution in [3.63, 3.8) is 0 Å². The van der Waals surface area contributed by atoms with Crippen LogP contribution in [0.5, 0.6) is 0 Å². The number of carbonyl (C=O) groups excluding carboxylic acids is 2. The number of alkyl halides is 3. The maximum atomic E-state index is 14.7. The van der Waals surface area contributed by atoms with Gasteiger partial charge in [0.15, 0.2) is 11.5 Å². The van der Waals surface area contributed by atoms with E-state index in [4.69, 9.17) is 16.3 Å². The zero-order valence-corrected chi connectivity index (χ0v) is 23.7. The predicted octanol–water partition coefficient (Wildman–Crippen LogP) is 6.10. The van der Waals surface area contributed by atoms with Crippen LogP contribution in [-0.2, 0) is 15.7 Å². The molecule has 1 aromatic carbocycles. The fraction of sp³-hybridized carbons (Fsp3) is 0.571. The van der Waals surface area contributed by atoms with Crippen molar-refractivity contribution in [2.45, 2.75) is 77.1 Å². The number of ether oxygens (including phenoxy) is 1. The Morgan fingerprint density at radius 1 is 1.20 bits per heavy atom. The monoisotopic (exact) mass is 601 g/mol. The van der Waals surface area contributed by atoms with Crippen molar-refractivity contribution in [1.82, 2.24) is 14.7 Å². The van der Waals surface area contributed by atoms with Gasteiger partial charge in [-0.25, -0.2) is 4.39 Å². The molecule has 2 heterocycles. The van der Waals surface area contributed by atoms with E-state index in [2.05, 4.69) is 5.10 Å². The normalized spacial score (nSPS) is 24.8. The lowest BCUT2D eigenvalue weighted by Crippen LogP contribution is -2.46. The fourth-order valence-electron chi connectivity index (χ4n) is 5.73. The third-order valence-corrected chi connectivity index (χ3v) is 8.43. The highest BCUT2D eigenvalue weighted by atomic mass is 35.5. The van der Waals surface area contributed by atoms with E-state index in [0.717, 1.165) is 21.8 Å². The Bertz CT molecular complexity index is 1320. The van der Waals surface area contributed by atoms with Gasteiger partial charge >= 0.3 is 12.1 Å². The van der Waals surface area contributed by atoms with Crippen molar-refractivity contribution >= 4 is 29.3 Å². The Balaban J connectivity index is 1.69. The minimum absolute atomic E-state index is 0.125. The molecule has 0 bridgehead atoms. The van der Waals surface area contributed by atoms with Gasteiger partial charge in [0.2, 0.25) is 0 Å². The van der Waals surface area contributed by atoms with Crippen LogP contribution < -0.4 is 0 Å². The summed E-state index contributed by atoms with van der Waals surface area (Å²) in [5, 5.41) is 13.3. The van der Waals surface area contributed by atoms with Gasteiger partial charge < -0.3 is 14.7 Å². The second kappa shape index (κ2) is 11.4.